The Morgan fingerprint density at radius 2 is 2.07 bits per heavy atom. The highest BCUT2D eigenvalue weighted by atomic mass is 16.5. The molecule has 0 heterocycles. The molecule has 0 saturated carbocycles. The van der Waals surface area contributed by atoms with Crippen LogP contribution >= 0.6 is 0 Å². The summed E-state index contributed by atoms with van der Waals surface area (Å²) in [6, 6.07) is 0.0854. The fourth-order valence-electron chi connectivity index (χ4n) is 1.46. The van der Waals surface area contributed by atoms with Gasteiger partial charge in [-0.15, -0.1) is 5.92 Å². The molecular formula is C12H21NO. The molecule has 14 heavy (non-hydrogen) atoms. The van der Waals surface area contributed by atoms with Crippen LogP contribution in [0.1, 0.15) is 46.0 Å². The van der Waals surface area contributed by atoms with E-state index < -0.39 is 0 Å². The Bertz CT molecular complexity index is 214. The summed E-state index contributed by atoms with van der Waals surface area (Å²) >= 11 is 0. The van der Waals surface area contributed by atoms with Crippen LogP contribution in [0.25, 0.3) is 0 Å². The molecule has 0 amide bonds. The molecule has 3 atom stereocenters. The van der Waals surface area contributed by atoms with Crippen molar-refractivity contribution in [3.8, 4) is 11.8 Å². The van der Waals surface area contributed by atoms with Crippen molar-refractivity contribution in [2.75, 3.05) is 0 Å². The molecule has 2 N–H and O–H groups in total. The minimum atomic E-state index is 0.0854. The van der Waals surface area contributed by atoms with Gasteiger partial charge in [-0.1, -0.05) is 12.3 Å². The lowest BCUT2D eigenvalue weighted by molar-refractivity contribution is 0.0126. The Labute approximate surface area is 87.2 Å². The lowest BCUT2D eigenvalue weighted by atomic mass is 10.1. The minimum absolute atomic E-state index is 0.0854. The Morgan fingerprint density at radius 1 is 1.29 bits per heavy atom. The summed E-state index contributed by atoms with van der Waals surface area (Å²) in [7, 11) is 0. The predicted octanol–water partition coefficient (Wildman–Crippen LogP) is 2.07. The van der Waals surface area contributed by atoms with E-state index in [1.54, 1.807) is 0 Å². The van der Waals surface area contributed by atoms with Crippen LogP contribution in [0, 0.1) is 11.8 Å². The zero-order valence-corrected chi connectivity index (χ0v) is 9.25. The van der Waals surface area contributed by atoms with Crippen molar-refractivity contribution in [3.63, 3.8) is 0 Å². The summed E-state index contributed by atoms with van der Waals surface area (Å²) in [5.41, 5.74) is 5.75. The summed E-state index contributed by atoms with van der Waals surface area (Å²) in [6.07, 6.45) is 6.04. The van der Waals surface area contributed by atoms with E-state index in [1.807, 2.05) is 13.8 Å². The van der Waals surface area contributed by atoms with Gasteiger partial charge in [-0.3, -0.25) is 0 Å². The molecule has 0 spiro atoms. The van der Waals surface area contributed by atoms with Crippen LogP contribution in [0.15, 0.2) is 0 Å². The van der Waals surface area contributed by atoms with Crippen molar-refractivity contribution in [2.45, 2.75) is 64.2 Å². The van der Waals surface area contributed by atoms with Gasteiger partial charge in [0.1, 0.15) is 6.10 Å². The van der Waals surface area contributed by atoms with Crippen LogP contribution in [-0.2, 0) is 4.74 Å². The first-order valence-corrected chi connectivity index (χ1v) is 5.59. The average Bonchev–Trinajstić information content (AvgIpc) is 2.08. The molecular weight excluding hydrogens is 174 g/mol. The van der Waals surface area contributed by atoms with Crippen LogP contribution in [0.3, 0.4) is 0 Å². The van der Waals surface area contributed by atoms with E-state index in [0.717, 1.165) is 12.8 Å². The van der Waals surface area contributed by atoms with Crippen LogP contribution < -0.4 is 5.73 Å². The van der Waals surface area contributed by atoms with Gasteiger partial charge in [0.05, 0.1) is 6.10 Å². The number of rotatable bonds is 3. The number of ether oxygens (including phenoxy) is 1. The maximum Gasteiger partial charge on any atom is 0.118 e. The van der Waals surface area contributed by atoms with Crippen molar-refractivity contribution in [1.82, 2.24) is 0 Å². The minimum Gasteiger partial charge on any atom is -0.361 e. The fourth-order valence-corrected chi connectivity index (χ4v) is 1.46. The van der Waals surface area contributed by atoms with Crippen molar-refractivity contribution in [2.24, 2.45) is 5.73 Å². The van der Waals surface area contributed by atoms with E-state index in [9.17, 15) is 0 Å². The van der Waals surface area contributed by atoms with Gasteiger partial charge in [-0.2, -0.15) is 0 Å². The molecule has 2 nitrogen and oxygen atoms in total. The molecule has 0 fully saturated rings. The van der Waals surface area contributed by atoms with Crippen molar-refractivity contribution in [1.29, 1.82) is 0 Å². The Balaban J connectivity index is 2.40. The molecule has 0 aromatic carbocycles. The molecule has 2 heteroatoms. The second-order valence-corrected chi connectivity index (χ2v) is 4.11. The third-order valence-electron chi connectivity index (χ3n) is 2.65. The predicted molar refractivity (Wildman–Crippen MR) is 58.8 cm³/mol. The summed E-state index contributed by atoms with van der Waals surface area (Å²) in [6.45, 7) is 3.99. The highest BCUT2D eigenvalue weighted by Crippen LogP contribution is 2.12. The smallest absolute Gasteiger partial charge is 0.118 e. The van der Waals surface area contributed by atoms with Gasteiger partial charge in [0.15, 0.2) is 0 Å². The second-order valence-electron chi connectivity index (χ2n) is 4.11. The molecule has 0 aromatic rings. The summed E-state index contributed by atoms with van der Waals surface area (Å²) in [4.78, 5) is 0. The molecule has 1 aliphatic rings. The molecule has 0 radical (unpaired) electrons. The van der Waals surface area contributed by atoms with Crippen LogP contribution in [0.2, 0.25) is 0 Å². The third kappa shape index (κ3) is 4.13. The van der Waals surface area contributed by atoms with E-state index >= 15 is 0 Å². The van der Waals surface area contributed by atoms with E-state index in [4.69, 9.17) is 10.5 Å². The Morgan fingerprint density at radius 3 is 2.79 bits per heavy atom. The Kier molecular flexibility index (Phi) is 5.00. The molecule has 0 aliphatic heterocycles. The van der Waals surface area contributed by atoms with Crippen molar-refractivity contribution >= 4 is 0 Å². The first-order valence-electron chi connectivity index (χ1n) is 5.59. The first-order chi connectivity index (χ1) is 6.70. The zero-order valence-electron chi connectivity index (χ0n) is 9.25. The van der Waals surface area contributed by atoms with Gasteiger partial charge in [0, 0.05) is 12.5 Å². The molecule has 0 bridgehead atoms. The van der Waals surface area contributed by atoms with E-state index in [1.165, 1.54) is 19.3 Å². The van der Waals surface area contributed by atoms with Gasteiger partial charge < -0.3 is 10.5 Å². The number of hydrogen-bond donors (Lipinski definition) is 1. The molecule has 0 saturated heterocycles. The summed E-state index contributed by atoms with van der Waals surface area (Å²) in [5.74, 6) is 6.35. The summed E-state index contributed by atoms with van der Waals surface area (Å²) < 4.78 is 5.79. The zero-order chi connectivity index (χ0) is 10.4. The molecule has 3 unspecified atom stereocenters. The van der Waals surface area contributed by atoms with Crippen LogP contribution in [0.5, 0.6) is 0 Å². The fraction of sp³-hybridized carbons (Fsp3) is 0.833. The standard InChI is InChI=1S/C12H21NO/c1-10(13)11(2)14-12-8-6-4-3-5-7-9-12/h10-12H,3-6,8,13H2,1-2H3. The number of hydrogen-bond acceptors (Lipinski definition) is 2. The second kappa shape index (κ2) is 6.06. The quantitative estimate of drug-likeness (QED) is 0.700. The lowest BCUT2D eigenvalue weighted by Gasteiger charge is -2.21. The highest BCUT2D eigenvalue weighted by molar-refractivity contribution is 5.06. The molecule has 1 aliphatic carbocycles. The maximum absolute atomic E-state index is 5.79. The average molecular weight is 195 g/mol. The van der Waals surface area contributed by atoms with Gasteiger partial charge in [-0.05, 0) is 33.1 Å². The first kappa shape index (κ1) is 11.6. The third-order valence-corrected chi connectivity index (χ3v) is 2.65. The highest BCUT2D eigenvalue weighted by Gasteiger charge is 2.14. The van der Waals surface area contributed by atoms with E-state index in [2.05, 4.69) is 11.8 Å². The normalized spacial score (nSPS) is 26.6. The maximum atomic E-state index is 5.79. The van der Waals surface area contributed by atoms with Crippen LogP contribution in [0.4, 0.5) is 0 Å². The van der Waals surface area contributed by atoms with Gasteiger partial charge in [0.25, 0.3) is 0 Å². The van der Waals surface area contributed by atoms with E-state index in [0.29, 0.717) is 0 Å². The van der Waals surface area contributed by atoms with E-state index in [-0.39, 0.29) is 18.2 Å². The van der Waals surface area contributed by atoms with Gasteiger partial charge in [0.2, 0.25) is 0 Å². The molecule has 0 aromatic heterocycles. The molecule has 80 valence electrons. The monoisotopic (exact) mass is 195 g/mol. The van der Waals surface area contributed by atoms with Gasteiger partial charge in [-0.25, -0.2) is 0 Å². The Hall–Kier alpha value is -0.520. The topological polar surface area (TPSA) is 35.2 Å². The van der Waals surface area contributed by atoms with Crippen molar-refractivity contribution < 1.29 is 4.74 Å². The SMILES string of the molecule is CC(N)C(C)OC1C#CCCCCC1. The van der Waals surface area contributed by atoms with Crippen LogP contribution in [-0.4, -0.2) is 18.2 Å². The largest absolute Gasteiger partial charge is 0.361 e. The lowest BCUT2D eigenvalue weighted by Crippen LogP contribution is -2.34. The number of nitrogens with two attached hydrogens (primary N) is 1. The van der Waals surface area contributed by atoms with Crippen molar-refractivity contribution in [3.05, 3.63) is 0 Å². The van der Waals surface area contributed by atoms with Gasteiger partial charge >= 0.3 is 0 Å². The summed E-state index contributed by atoms with van der Waals surface area (Å²) in [5, 5.41) is 0. The molecule has 1 rings (SSSR count).